The Morgan fingerprint density at radius 2 is 2.06 bits per heavy atom. The Bertz CT molecular complexity index is 1280. The van der Waals surface area contributed by atoms with Crippen molar-refractivity contribution in [1.29, 1.82) is 0 Å². The highest BCUT2D eigenvalue weighted by atomic mass is 35.5. The van der Waals surface area contributed by atoms with Crippen LogP contribution in [0.15, 0.2) is 33.9 Å². The number of hydrogen-bond acceptors (Lipinski definition) is 6. The molecule has 6 aliphatic rings. The van der Waals surface area contributed by atoms with E-state index in [-0.39, 0.29) is 29.9 Å². The summed E-state index contributed by atoms with van der Waals surface area (Å²) in [5.41, 5.74) is 2.24. The van der Waals surface area contributed by atoms with Gasteiger partial charge in [-0.05, 0) is 67.8 Å². The lowest BCUT2D eigenvalue weighted by Gasteiger charge is -2.59. The molecule has 34 heavy (non-hydrogen) atoms. The number of halogens is 1. The number of imidazole rings is 1. The molecule has 4 saturated carbocycles. The Morgan fingerprint density at radius 3 is 2.82 bits per heavy atom. The normalized spacial score (nSPS) is 38.2. The number of hydrogen-bond donors (Lipinski definition) is 2. The van der Waals surface area contributed by atoms with Crippen molar-refractivity contribution in [2.45, 2.75) is 50.7 Å². The van der Waals surface area contributed by atoms with Gasteiger partial charge in [-0.2, -0.15) is 4.98 Å². The van der Waals surface area contributed by atoms with Crippen LogP contribution in [0.1, 0.15) is 44.6 Å². The van der Waals surface area contributed by atoms with Gasteiger partial charge in [0.1, 0.15) is 5.52 Å². The molecule has 4 atom stereocenters. The van der Waals surface area contributed by atoms with Crippen molar-refractivity contribution in [3.05, 3.63) is 39.6 Å². The van der Waals surface area contributed by atoms with Gasteiger partial charge in [0.25, 0.3) is 0 Å². The summed E-state index contributed by atoms with van der Waals surface area (Å²) >= 11 is 6.52. The quantitative estimate of drug-likeness (QED) is 0.692. The highest BCUT2D eigenvalue weighted by Crippen LogP contribution is 2.63. The summed E-state index contributed by atoms with van der Waals surface area (Å²) < 4.78 is 9.33. The number of aliphatic hydroxyl groups is 1. The first-order chi connectivity index (χ1) is 16.4. The third-order valence-electron chi connectivity index (χ3n) is 9.19. The molecule has 8 nitrogen and oxygen atoms in total. The largest absolute Gasteiger partial charge is 0.396 e. The molecule has 5 fully saturated rings. The first kappa shape index (κ1) is 21.1. The standard InChI is InChI=1S/C25H30ClN5O3/c1-30-19-11-27-23(28-18-6-14-2-3-34-20(14)7-17(18)26)29-22(19)31(24(30)33)21-15-4-13-5-16(21)10-25(8-13,9-15)12-32/h6-7,11,13-16,20-21,32H,2-5,8-10,12H2,1H3,(H,27,28,29). The molecule has 9 heteroatoms. The Kier molecular flexibility index (Phi) is 4.61. The molecule has 8 rings (SSSR count). The second kappa shape index (κ2) is 7.42. The predicted molar refractivity (Wildman–Crippen MR) is 128 cm³/mol. The minimum atomic E-state index is -0.0299. The maximum atomic E-state index is 13.5. The SMILES string of the molecule is Cn1c(=O)n(C2C3CC4CC2CC(CO)(C4)C3)c2nc(NC3=CC4CCOC4C=C3Cl)ncc21. The van der Waals surface area contributed by atoms with E-state index in [2.05, 4.69) is 16.4 Å². The van der Waals surface area contributed by atoms with Crippen molar-refractivity contribution in [2.24, 2.45) is 36.1 Å². The molecule has 0 radical (unpaired) electrons. The van der Waals surface area contributed by atoms with Crippen LogP contribution in [0.25, 0.3) is 11.2 Å². The Balaban J connectivity index is 1.27. The zero-order valence-electron chi connectivity index (χ0n) is 19.3. The number of nitrogens with zero attached hydrogens (tertiary/aromatic N) is 4. The van der Waals surface area contributed by atoms with E-state index in [1.54, 1.807) is 17.8 Å². The summed E-state index contributed by atoms with van der Waals surface area (Å²) in [6.07, 6.45) is 12.2. The number of allylic oxidation sites excluding steroid dienone is 1. The molecule has 4 unspecified atom stereocenters. The van der Waals surface area contributed by atoms with Gasteiger partial charge in [0.15, 0.2) is 5.65 Å². The molecule has 2 N–H and O–H groups in total. The Morgan fingerprint density at radius 1 is 1.26 bits per heavy atom. The van der Waals surface area contributed by atoms with Gasteiger partial charge < -0.3 is 15.2 Å². The minimum Gasteiger partial charge on any atom is -0.396 e. The maximum absolute atomic E-state index is 13.5. The van der Waals surface area contributed by atoms with Crippen LogP contribution in [0.5, 0.6) is 0 Å². The topological polar surface area (TPSA) is 94.2 Å². The molecule has 1 saturated heterocycles. The van der Waals surface area contributed by atoms with E-state index in [4.69, 9.17) is 21.3 Å². The lowest BCUT2D eigenvalue weighted by Crippen LogP contribution is -2.54. The van der Waals surface area contributed by atoms with E-state index >= 15 is 0 Å². The van der Waals surface area contributed by atoms with Crippen LogP contribution in [0.2, 0.25) is 0 Å². The van der Waals surface area contributed by atoms with Gasteiger partial charge in [-0.1, -0.05) is 17.7 Å². The van der Waals surface area contributed by atoms with Crippen molar-refractivity contribution in [3.8, 4) is 0 Å². The molecule has 2 aromatic rings. The van der Waals surface area contributed by atoms with E-state index in [1.165, 1.54) is 0 Å². The van der Waals surface area contributed by atoms with Gasteiger partial charge in [0.2, 0.25) is 5.95 Å². The van der Waals surface area contributed by atoms with Gasteiger partial charge in [0.05, 0.1) is 23.0 Å². The number of aryl methyl sites for hydroxylation is 1. The van der Waals surface area contributed by atoms with Gasteiger partial charge in [0, 0.05) is 32.2 Å². The van der Waals surface area contributed by atoms with Gasteiger partial charge in [-0.3, -0.25) is 9.13 Å². The van der Waals surface area contributed by atoms with E-state index < -0.39 is 0 Å². The fourth-order valence-electron chi connectivity index (χ4n) is 7.97. The number of aliphatic hydroxyl groups excluding tert-OH is 1. The van der Waals surface area contributed by atoms with Crippen molar-refractivity contribution in [3.63, 3.8) is 0 Å². The zero-order valence-corrected chi connectivity index (χ0v) is 20.0. The summed E-state index contributed by atoms with van der Waals surface area (Å²) in [5.74, 6) is 2.23. The number of ether oxygens (including phenoxy) is 1. The summed E-state index contributed by atoms with van der Waals surface area (Å²) in [6, 6.07) is 0.129. The van der Waals surface area contributed by atoms with Crippen molar-refractivity contribution in [2.75, 3.05) is 18.5 Å². The Hall–Kier alpha value is -2.16. The van der Waals surface area contributed by atoms with Crippen LogP contribution >= 0.6 is 11.6 Å². The second-order valence-corrected chi connectivity index (χ2v) is 11.6. The van der Waals surface area contributed by atoms with E-state index in [0.717, 1.165) is 56.3 Å². The maximum Gasteiger partial charge on any atom is 0.330 e. The highest BCUT2D eigenvalue weighted by Gasteiger charge is 2.56. The third kappa shape index (κ3) is 3.01. The van der Waals surface area contributed by atoms with Gasteiger partial charge >= 0.3 is 5.69 Å². The smallest absolute Gasteiger partial charge is 0.330 e. The van der Waals surface area contributed by atoms with E-state index in [0.29, 0.717) is 40.3 Å². The number of aromatic nitrogens is 4. The lowest BCUT2D eigenvalue weighted by molar-refractivity contribution is -0.109. The molecular formula is C25H30ClN5O3. The molecule has 3 heterocycles. The molecule has 0 spiro atoms. The average Bonchev–Trinajstić information content (AvgIpc) is 3.36. The first-order valence-corrected chi connectivity index (χ1v) is 12.9. The van der Waals surface area contributed by atoms with Crippen LogP contribution in [0.3, 0.4) is 0 Å². The number of rotatable bonds is 4. The summed E-state index contributed by atoms with van der Waals surface area (Å²) in [6.45, 7) is 1.00. The number of fused-ring (bicyclic) bond motifs is 2. The first-order valence-electron chi connectivity index (χ1n) is 12.5. The van der Waals surface area contributed by atoms with Crippen LogP contribution in [0, 0.1) is 29.1 Å². The fraction of sp³-hybridized carbons (Fsp3) is 0.640. The van der Waals surface area contributed by atoms with Gasteiger partial charge in [-0.15, -0.1) is 0 Å². The lowest BCUT2D eigenvalue weighted by atomic mass is 9.48. The minimum absolute atomic E-state index is 0.0299. The molecule has 5 aliphatic carbocycles. The van der Waals surface area contributed by atoms with Crippen LogP contribution in [-0.2, 0) is 11.8 Å². The van der Waals surface area contributed by atoms with Crippen molar-refractivity contribution < 1.29 is 9.84 Å². The second-order valence-electron chi connectivity index (χ2n) is 11.2. The van der Waals surface area contributed by atoms with Crippen LogP contribution < -0.4 is 11.0 Å². The highest BCUT2D eigenvalue weighted by molar-refractivity contribution is 6.32. The van der Waals surface area contributed by atoms with Crippen molar-refractivity contribution in [1.82, 2.24) is 19.1 Å². The fourth-order valence-corrected chi connectivity index (χ4v) is 8.21. The summed E-state index contributed by atoms with van der Waals surface area (Å²) in [5, 5.41) is 14.1. The molecule has 0 amide bonds. The molecule has 2 aromatic heterocycles. The summed E-state index contributed by atoms with van der Waals surface area (Å²) in [4.78, 5) is 22.8. The molecular weight excluding hydrogens is 454 g/mol. The molecule has 4 bridgehead atoms. The number of nitrogens with one attached hydrogen (secondary N) is 1. The monoisotopic (exact) mass is 483 g/mol. The predicted octanol–water partition coefficient (Wildman–Crippen LogP) is 3.33. The Labute approximate surface area is 202 Å². The molecule has 1 aliphatic heterocycles. The van der Waals surface area contributed by atoms with E-state index in [9.17, 15) is 9.90 Å². The van der Waals surface area contributed by atoms with Crippen LogP contribution in [-0.4, -0.2) is 43.5 Å². The molecule has 180 valence electrons. The van der Waals surface area contributed by atoms with Crippen molar-refractivity contribution >= 4 is 28.7 Å². The third-order valence-corrected chi connectivity index (χ3v) is 9.52. The summed E-state index contributed by atoms with van der Waals surface area (Å²) in [7, 11) is 1.80. The zero-order chi connectivity index (χ0) is 23.2. The van der Waals surface area contributed by atoms with E-state index in [1.807, 2.05) is 10.6 Å². The molecule has 0 aromatic carbocycles. The van der Waals surface area contributed by atoms with Crippen LogP contribution in [0.4, 0.5) is 5.95 Å². The van der Waals surface area contributed by atoms with Gasteiger partial charge in [-0.25, -0.2) is 9.78 Å². The number of anilines is 1. The average molecular weight is 484 g/mol.